The average Bonchev–Trinajstić information content (AvgIpc) is 2.89. The second-order valence-corrected chi connectivity index (χ2v) is 4.62. The van der Waals surface area contributed by atoms with Gasteiger partial charge in [-0.2, -0.15) is 0 Å². The number of anilines is 1. The lowest BCUT2D eigenvalue weighted by atomic mass is 10.0. The Morgan fingerprint density at radius 2 is 2.00 bits per heavy atom. The molecule has 7 heteroatoms. The largest absolute Gasteiger partial charge is 0.496 e. The summed E-state index contributed by atoms with van der Waals surface area (Å²) in [5.41, 5.74) is 7.57. The van der Waals surface area contributed by atoms with E-state index in [0.717, 1.165) is 0 Å². The lowest BCUT2D eigenvalue weighted by Crippen LogP contribution is -1.94. The van der Waals surface area contributed by atoms with Crippen molar-refractivity contribution in [2.45, 2.75) is 0 Å². The summed E-state index contributed by atoms with van der Waals surface area (Å²) < 4.78 is 10.4. The van der Waals surface area contributed by atoms with Crippen LogP contribution < -0.4 is 10.5 Å². The molecule has 3 aromatic rings. The lowest BCUT2D eigenvalue weighted by molar-refractivity contribution is 0.416. The Morgan fingerprint density at radius 3 is 2.71 bits per heavy atom. The van der Waals surface area contributed by atoms with Gasteiger partial charge in [0.15, 0.2) is 11.5 Å². The topological polar surface area (TPSA) is 87.1 Å². The fourth-order valence-corrected chi connectivity index (χ4v) is 2.18. The molecule has 0 aliphatic rings. The van der Waals surface area contributed by atoms with Crippen LogP contribution in [0.2, 0.25) is 5.02 Å². The van der Waals surface area contributed by atoms with Crippen LogP contribution in [0.5, 0.6) is 5.75 Å². The van der Waals surface area contributed by atoms with E-state index >= 15 is 0 Å². The first-order chi connectivity index (χ1) is 10.2. The van der Waals surface area contributed by atoms with Crippen molar-refractivity contribution in [3.8, 4) is 28.4 Å². The molecule has 2 heterocycles. The predicted octanol–water partition coefficient (Wildman–Crippen LogP) is 3.04. The molecule has 1 aromatic carbocycles. The Labute approximate surface area is 125 Å². The van der Waals surface area contributed by atoms with Gasteiger partial charge in [0.2, 0.25) is 5.88 Å². The van der Waals surface area contributed by atoms with Gasteiger partial charge in [0.25, 0.3) is 0 Å². The molecule has 0 radical (unpaired) electrons. The number of aromatic nitrogens is 3. The Kier molecular flexibility index (Phi) is 3.45. The molecule has 0 bridgehead atoms. The summed E-state index contributed by atoms with van der Waals surface area (Å²) in [6.45, 7) is 0. The third-order valence-electron chi connectivity index (χ3n) is 2.93. The van der Waals surface area contributed by atoms with E-state index in [-0.39, 0.29) is 5.88 Å². The fourth-order valence-electron chi connectivity index (χ4n) is 2.01. The molecule has 21 heavy (non-hydrogen) atoms. The van der Waals surface area contributed by atoms with Crippen molar-refractivity contribution >= 4 is 17.5 Å². The molecule has 0 fully saturated rings. The molecule has 0 unspecified atom stereocenters. The number of nitrogens with zero attached hydrogens (tertiary/aromatic N) is 3. The molecule has 0 aliphatic carbocycles. The van der Waals surface area contributed by atoms with Gasteiger partial charge in [-0.05, 0) is 24.3 Å². The summed E-state index contributed by atoms with van der Waals surface area (Å²) in [5.74, 6) is 1.17. The summed E-state index contributed by atoms with van der Waals surface area (Å²) in [6.07, 6.45) is 3.23. The SMILES string of the molecule is COc1ccc(Cl)cc1-c1c(-c2ncccn2)noc1N. The summed E-state index contributed by atoms with van der Waals surface area (Å²) in [7, 11) is 1.56. The van der Waals surface area contributed by atoms with Gasteiger partial charge in [-0.1, -0.05) is 16.8 Å². The summed E-state index contributed by atoms with van der Waals surface area (Å²) in [4.78, 5) is 8.33. The molecule has 6 nitrogen and oxygen atoms in total. The van der Waals surface area contributed by atoms with Gasteiger partial charge in [-0.15, -0.1) is 0 Å². The van der Waals surface area contributed by atoms with Crippen molar-refractivity contribution in [3.05, 3.63) is 41.7 Å². The molecule has 0 atom stereocenters. The number of nitrogen functional groups attached to an aromatic ring is 1. The molecule has 0 spiro atoms. The second kappa shape index (κ2) is 5.41. The van der Waals surface area contributed by atoms with E-state index in [4.69, 9.17) is 26.6 Å². The van der Waals surface area contributed by atoms with E-state index < -0.39 is 0 Å². The zero-order valence-corrected chi connectivity index (χ0v) is 11.8. The number of methoxy groups -OCH3 is 1. The van der Waals surface area contributed by atoms with Gasteiger partial charge in [0.05, 0.1) is 12.7 Å². The standard InChI is InChI=1S/C14H11ClN4O2/c1-20-10-4-3-8(15)7-9(10)11-12(19-21-13(11)16)14-17-5-2-6-18-14/h2-7H,16H2,1H3. The highest BCUT2D eigenvalue weighted by Crippen LogP contribution is 2.40. The maximum absolute atomic E-state index is 6.06. The number of ether oxygens (including phenoxy) is 1. The van der Waals surface area contributed by atoms with E-state index in [0.29, 0.717) is 33.4 Å². The second-order valence-electron chi connectivity index (χ2n) is 4.19. The molecular formula is C14H11ClN4O2. The van der Waals surface area contributed by atoms with Gasteiger partial charge in [-0.3, -0.25) is 0 Å². The van der Waals surface area contributed by atoms with Crippen LogP contribution in [0.15, 0.2) is 41.2 Å². The summed E-state index contributed by atoms with van der Waals surface area (Å²) in [5, 5.41) is 4.49. The molecule has 0 amide bonds. The van der Waals surface area contributed by atoms with E-state index in [1.54, 1.807) is 43.8 Å². The maximum atomic E-state index is 6.06. The van der Waals surface area contributed by atoms with E-state index in [1.807, 2.05) is 0 Å². The molecule has 3 rings (SSSR count). The van der Waals surface area contributed by atoms with Crippen molar-refractivity contribution in [1.29, 1.82) is 0 Å². The Morgan fingerprint density at radius 1 is 1.24 bits per heavy atom. The third kappa shape index (κ3) is 2.41. The molecular weight excluding hydrogens is 292 g/mol. The van der Waals surface area contributed by atoms with Gasteiger partial charge < -0.3 is 15.0 Å². The molecule has 106 valence electrons. The normalized spacial score (nSPS) is 10.6. The highest BCUT2D eigenvalue weighted by molar-refractivity contribution is 6.31. The number of benzene rings is 1. The predicted molar refractivity (Wildman–Crippen MR) is 78.9 cm³/mol. The third-order valence-corrected chi connectivity index (χ3v) is 3.16. The van der Waals surface area contributed by atoms with Crippen LogP contribution >= 0.6 is 11.6 Å². The number of rotatable bonds is 3. The van der Waals surface area contributed by atoms with Crippen LogP contribution in [0.25, 0.3) is 22.6 Å². The quantitative estimate of drug-likeness (QED) is 0.800. The minimum atomic E-state index is 0.151. The van der Waals surface area contributed by atoms with Crippen LogP contribution in [0.1, 0.15) is 0 Å². The van der Waals surface area contributed by atoms with Crippen LogP contribution in [-0.4, -0.2) is 22.2 Å². The maximum Gasteiger partial charge on any atom is 0.230 e. The molecule has 0 aliphatic heterocycles. The average molecular weight is 303 g/mol. The molecule has 2 aromatic heterocycles. The van der Waals surface area contributed by atoms with Crippen LogP contribution in [0, 0.1) is 0 Å². The number of hydrogen-bond acceptors (Lipinski definition) is 6. The Bertz CT molecular complexity index is 774. The lowest BCUT2D eigenvalue weighted by Gasteiger charge is -2.08. The number of halogens is 1. The summed E-state index contributed by atoms with van der Waals surface area (Å²) >= 11 is 6.06. The highest BCUT2D eigenvalue weighted by atomic mass is 35.5. The minimum absolute atomic E-state index is 0.151. The van der Waals surface area contributed by atoms with Crippen LogP contribution in [0.4, 0.5) is 5.88 Å². The zero-order chi connectivity index (χ0) is 14.8. The first kappa shape index (κ1) is 13.4. The number of nitrogens with two attached hydrogens (primary N) is 1. The first-order valence-corrected chi connectivity index (χ1v) is 6.45. The Balaban J connectivity index is 2.24. The van der Waals surface area contributed by atoms with Crippen molar-refractivity contribution < 1.29 is 9.26 Å². The van der Waals surface area contributed by atoms with Crippen molar-refractivity contribution in [2.24, 2.45) is 0 Å². The molecule has 0 saturated heterocycles. The Hall–Kier alpha value is -2.60. The van der Waals surface area contributed by atoms with E-state index in [2.05, 4.69) is 15.1 Å². The van der Waals surface area contributed by atoms with Crippen LogP contribution in [-0.2, 0) is 0 Å². The van der Waals surface area contributed by atoms with Gasteiger partial charge >= 0.3 is 0 Å². The van der Waals surface area contributed by atoms with E-state index in [1.165, 1.54) is 0 Å². The van der Waals surface area contributed by atoms with Crippen molar-refractivity contribution in [2.75, 3.05) is 12.8 Å². The fraction of sp³-hybridized carbons (Fsp3) is 0.0714. The first-order valence-electron chi connectivity index (χ1n) is 6.07. The minimum Gasteiger partial charge on any atom is -0.496 e. The van der Waals surface area contributed by atoms with Gasteiger partial charge in [0, 0.05) is 23.0 Å². The number of hydrogen-bond donors (Lipinski definition) is 1. The van der Waals surface area contributed by atoms with Gasteiger partial charge in [-0.25, -0.2) is 9.97 Å². The van der Waals surface area contributed by atoms with Crippen molar-refractivity contribution in [1.82, 2.24) is 15.1 Å². The van der Waals surface area contributed by atoms with Crippen molar-refractivity contribution in [3.63, 3.8) is 0 Å². The van der Waals surface area contributed by atoms with Gasteiger partial charge in [0.1, 0.15) is 5.75 Å². The molecule has 2 N–H and O–H groups in total. The zero-order valence-electron chi connectivity index (χ0n) is 11.1. The van der Waals surface area contributed by atoms with Crippen LogP contribution in [0.3, 0.4) is 0 Å². The smallest absolute Gasteiger partial charge is 0.230 e. The summed E-state index contributed by atoms with van der Waals surface area (Å²) in [6, 6.07) is 6.92. The van der Waals surface area contributed by atoms with E-state index in [9.17, 15) is 0 Å². The highest BCUT2D eigenvalue weighted by Gasteiger charge is 2.22. The molecule has 0 saturated carbocycles. The monoisotopic (exact) mass is 302 g/mol.